The summed E-state index contributed by atoms with van der Waals surface area (Å²) in [7, 11) is 0. The number of hydrogen-bond donors (Lipinski definition) is 4. The maximum atomic E-state index is 12.0. The first kappa shape index (κ1) is 49.7. The summed E-state index contributed by atoms with van der Waals surface area (Å²) in [6.07, 6.45) is 28.3. The van der Waals surface area contributed by atoms with Gasteiger partial charge in [-0.05, 0) is 38.6 Å². The predicted molar refractivity (Wildman–Crippen MR) is 200 cm³/mol. The lowest BCUT2D eigenvalue weighted by molar-refractivity contribution is -0.160. The van der Waals surface area contributed by atoms with Crippen LogP contribution in [0.5, 0.6) is 0 Å². The molecule has 0 saturated heterocycles. The van der Waals surface area contributed by atoms with Crippen LogP contribution in [0.25, 0.3) is 0 Å². The lowest BCUT2D eigenvalue weighted by Gasteiger charge is -2.10. The third-order valence-electron chi connectivity index (χ3n) is 8.66. The number of carboxylic acids is 1. The Morgan fingerprint density at radius 1 is 0.460 bits per heavy atom. The number of ether oxygens (including phenoxy) is 2. The summed E-state index contributed by atoms with van der Waals surface area (Å²) < 4.78 is 9.64. The lowest BCUT2D eigenvalue weighted by Crippen LogP contribution is -2.34. The van der Waals surface area contributed by atoms with Crippen molar-refractivity contribution in [3.63, 3.8) is 0 Å². The van der Waals surface area contributed by atoms with E-state index in [4.69, 9.17) is 31.8 Å². The minimum Gasteiger partial charge on any atom is -0.480 e. The molecule has 294 valence electrons. The first-order chi connectivity index (χ1) is 24.1. The number of aliphatic carboxylic acids is 1. The third kappa shape index (κ3) is 36.9. The largest absolute Gasteiger partial charge is 0.480 e. The summed E-state index contributed by atoms with van der Waals surface area (Å²) >= 11 is 0. The van der Waals surface area contributed by atoms with Crippen molar-refractivity contribution in [1.29, 1.82) is 0 Å². The van der Waals surface area contributed by atoms with Gasteiger partial charge in [-0.2, -0.15) is 0 Å². The van der Waals surface area contributed by atoms with Crippen LogP contribution in [0.4, 0.5) is 0 Å². The van der Waals surface area contributed by atoms with Gasteiger partial charge in [-0.1, -0.05) is 149 Å². The highest BCUT2D eigenvalue weighted by Crippen LogP contribution is 2.14. The molecule has 50 heavy (non-hydrogen) atoms. The maximum Gasteiger partial charge on any atom is 0.330 e. The van der Waals surface area contributed by atoms with Crippen molar-refractivity contribution in [1.82, 2.24) is 0 Å². The van der Waals surface area contributed by atoms with E-state index < -0.39 is 41.9 Å². The van der Waals surface area contributed by atoms with Crippen molar-refractivity contribution < 1.29 is 38.6 Å². The molecule has 0 aliphatic heterocycles. The summed E-state index contributed by atoms with van der Waals surface area (Å²) in [4.78, 5) is 57.9. The molecule has 2 unspecified atom stereocenters. The quantitative estimate of drug-likeness (QED) is 0.0290. The molecule has 0 radical (unpaired) electrons. The van der Waals surface area contributed by atoms with Gasteiger partial charge >= 0.3 is 29.8 Å². The molecule has 0 aromatic heterocycles. The van der Waals surface area contributed by atoms with Crippen molar-refractivity contribution in [2.24, 2.45) is 17.2 Å². The second-order valence-corrected chi connectivity index (χ2v) is 13.6. The number of hydrogen-bond acceptors (Lipinski definition) is 10. The fourth-order valence-corrected chi connectivity index (χ4v) is 5.36. The highest BCUT2D eigenvalue weighted by molar-refractivity contribution is 5.89. The second-order valence-electron chi connectivity index (χ2n) is 13.6. The van der Waals surface area contributed by atoms with Crippen LogP contribution >= 0.6 is 0 Å². The Morgan fingerprint density at radius 3 is 1.20 bits per heavy atom. The Balaban J connectivity index is 0. The van der Waals surface area contributed by atoms with Crippen molar-refractivity contribution in [2.45, 2.75) is 212 Å². The molecule has 7 N–H and O–H groups in total. The van der Waals surface area contributed by atoms with Crippen molar-refractivity contribution in [3.05, 3.63) is 0 Å². The van der Waals surface area contributed by atoms with Gasteiger partial charge < -0.3 is 31.8 Å². The van der Waals surface area contributed by atoms with E-state index in [1.165, 1.54) is 103 Å². The molecular weight excluding hydrogens is 638 g/mol. The van der Waals surface area contributed by atoms with Gasteiger partial charge in [0.05, 0.1) is 0 Å². The van der Waals surface area contributed by atoms with Gasteiger partial charge in [0.2, 0.25) is 0 Å². The molecule has 0 rings (SSSR count). The normalized spacial score (nSPS) is 12.0. The van der Waals surface area contributed by atoms with Crippen LogP contribution in [0, 0.1) is 0 Å². The zero-order valence-corrected chi connectivity index (χ0v) is 31.9. The predicted octanol–water partition coefficient (Wildman–Crippen LogP) is 8.16. The number of carbonyl (C=O) groups excluding carboxylic acids is 4. The van der Waals surface area contributed by atoms with E-state index in [1.54, 1.807) is 0 Å². The van der Waals surface area contributed by atoms with Crippen molar-refractivity contribution >= 4 is 29.8 Å². The summed E-state index contributed by atoms with van der Waals surface area (Å²) in [5, 5.41) is 8.33. The molecule has 0 fully saturated rings. The van der Waals surface area contributed by atoms with Crippen LogP contribution < -0.4 is 17.2 Å². The smallest absolute Gasteiger partial charge is 0.330 e. The van der Waals surface area contributed by atoms with E-state index in [2.05, 4.69) is 13.8 Å². The van der Waals surface area contributed by atoms with E-state index in [1.807, 2.05) is 0 Å². The molecule has 0 aromatic carbocycles. The van der Waals surface area contributed by atoms with E-state index in [0.717, 1.165) is 38.5 Å². The highest BCUT2D eigenvalue weighted by atomic mass is 16.6. The van der Waals surface area contributed by atoms with Gasteiger partial charge in [0.15, 0.2) is 0 Å². The number of carbonyl (C=O) groups is 5. The first-order valence-electron chi connectivity index (χ1n) is 20.0. The van der Waals surface area contributed by atoms with Crippen LogP contribution in [0.2, 0.25) is 0 Å². The molecule has 2 atom stereocenters. The van der Waals surface area contributed by atoms with Crippen molar-refractivity contribution in [3.8, 4) is 0 Å². The SMILES string of the molecule is CCCCCCCCCCCCCC(=O)OC(=O)CCC(N)C(=O)OC(=O)CCCCCCCCCCCCC.NCCCCC(N)C(=O)O. The Morgan fingerprint density at radius 2 is 0.820 bits per heavy atom. The molecule has 0 aromatic rings. The number of rotatable bonds is 33. The monoisotopic (exact) mass is 714 g/mol. The zero-order valence-electron chi connectivity index (χ0n) is 31.9. The molecule has 11 heteroatoms. The summed E-state index contributed by atoms with van der Waals surface area (Å²) in [6.45, 7) is 5.06. The molecule has 0 spiro atoms. The number of unbranched alkanes of at least 4 members (excludes halogenated alkanes) is 21. The second kappa shape index (κ2) is 37.9. The molecule has 0 heterocycles. The van der Waals surface area contributed by atoms with E-state index in [-0.39, 0.29) is 25.7 Å². The van der Waals surface area contributed by atoms with Gasteiger partial charge in [-0.15, -0.1) is 0 Å². The van der Waals surface area contributed by atoms with E-state index >= 15 is 0 Å². The first-order valence-corrected chi connectivity index (χ1v) is 20.0. The topological polar surface area (TPSA) is 202 Å². The van der Waals surface area contributed by atoms with Gasteiger partial charge in [-0.3, -0.25) is 19.2 Å². The van der Waals surface area contributed by atoms with Gasteiger partial charge in [0, 0.05) is 19.3 Å². The molecule has 11 nitrogen and oxygen atoms in total. The lowest BCUT2D eigenvalue weighted by atomic mass is 10.1. The van der Waals surface area contributed by atoms with Crippen LogP contribution in [0.3, 0.4) is 0 Å². The molecule has 0 bridgehead atoms. The Bertz CT molecular complexity index is 855. The molecule has 0 aliphatic carbocycles. The molecule has 0 aliphatic rings. The Hall–Kier alpha value is -2.37. The number of carboxylic acid groups (broad SMARTS) is 1. The fourth-order valence-electron chi connectivity index (χ4n) is 5.36. The van der Waals surface area contributed by atoms with Crippen LogP contribution in [0.1, 0.15) is 200 Å². The van der Waals surface area contributed by atoms with Crippen LogP contribution in [-0.2, 0) is 33.4 Å². The Labute approximate surface area is 303 Å². The van der Waals surface area contributed by atoms with E-state index in [9.17, 15) is 24.0 Å². The molecule has 0 saturated carbocycles. The van der Waals surface area contributed by atoms with Crippen LogP contribution in [-0.4, -0.2) is 53.6 Å². The fraction of sp³-hybridized carbons (Fsp3) is 0.872. The van der Waals surface area contributed by atoms with Gasteiger partial charge in [-0.25, -0.2) is 4.79 Å². The van der Waals surface area contributed by atoms with Crippen molar-refractivity contribution in [2.75, 3.05) is 6.54 Å². The summed E-state index contributed by atoms with van der Waals surface area (Å²) in [6, 6.07) is -1.82. The number of esters is 4. The molecular formula is C39H75N3O8. The summed E-state index contributed by atoms with van der Waals surface area (Å²) in [5.41, 5.74) is 16.2. The number of nitrogens with two attached hydrogens (primary N) is 3. The van der Waals surface area contributed by atoms with Gasteiger partial charge in [0.1, 0.15) is 12.1 Å². The van der Waals surface area contributed by atoms with Crippen LogP contribution in [0.15, 0.2) is 0 Å². The average Bonchev–Trinajstić information content (AvgIpc) is 3.08. The maximum absolute atomic E-state index is 12.0. The van der Waals surface area contributed by atoms with Gasteiger partial charge in [0.25, 0.3) is 0 Å². The Kier molecular flexibility index (Phi) is 37.7. The third-order valence-corrected chi connectivity index (χ3v) is 8.66. The summed E-state index contributed by atoms with van der Waals surface area (Å²) in [5.74, 6) is -3.60. The average molecular weight is 714 g/mol. The van der Waals surface area contributed by atoms with E-state index in [0.29, 0.717) is 25.8 Å². The standard InChI is InChI=1S/C33H61NO6.C6H14N2O2/c1-3-5-7-9-11-13-15-17-19-21-23-25-30(35)39-32(37)28-27-29(34)33(38)40-31(36)26-24-22-20-18-16-14-12-10-8-6-4-2;7-4-2-1-3-5(8)6(9)10/h29H,3-28,34H2,1-2H3;5H,1-4,7-8H2,(H,9,10). The minimum atomic E-state index is -1.10. The zero-order chi connectivity index (χ0) is 37.7. The minimum absolute atomic E-state index is 0.0326. The molecule has 0 amide bonds. The highest BCUT2D eigenvalue weighted by Gasteiger charge is 2.21.